The molecule has 0 atom stereocenters. The molecule has 1 aromatic rings. The first-order chi connectivity index (χ1) is 8.52. The molecule has 2 N–H and O–H groups in total. The monoisotopic (exact) mass is 254 g/mol. The lowest BCUT2D eigenvalue weighted by molar-refractivity contribution is -0.117. The molecule has 0 saturated heterocycles. The van der Waals surface area contributed by atoms with Gasteiger partial charge in [0.25, 0.3) is 0 Å². The molecular formula is C13H19FN2O2. The Morgan fingerprint density at radius 1 is 1.50 bits per heavy atom. The summed E-state index contributed by atoms with van der Waals surface area (Å²) in [6, 6.07) is 4.29. The number of amides is 1. The second-order valence-electron chi connectivity index (χ2n) is 4.32. The van der Waals surface area contributed by atoms with Gasteiger partial charge in [-0.25, -0.2) is 4.39 Å². The molecule has 0 spiro atoms. The van der Waals surface area contributed by atoms with E-state index in [1.807, 2.05) is 6.92 Å². The van der Waals surface area contributed by atoms with Crippen molar-refractivity contribution in [3.8, 4) is 0 Å². The largest absolute Gasteiger partial charge is 0.396 e. The molecule has 100 valence electrons. The zero-order valence-electron chi connectivity index (χ0n) is 10.7. The number of hydrogen-bond donors (Lipinski definition) is 2. The Bertz CT molecular complexity index is 410. The molecule has 18 heavy (non-hydrogen) atoms. The van der Waals surface area contributed by atoms with Crippen molar-refractivity contribution in [1.82, 2.24) is 4.90 Å². The first kappa shape index (κ1) is 14.6. The Morgan fingerprint density at radius 3 is 2.89 bits per heavy atom. The van der Waals surface area contributed by atoms with Gasteiger partial charge < -0.3 is 10.4 Å². The van der Waals surface area contributed by atoms with Crippen LogP contribution in [0.25, 0.3) is 0 Å². The van der Waals surface area contributed by atoms with Crippen molar-refractivity contribution in [3.63, 3.8) is 0 Å². The minimum Gasteiger partial charge on any atom is -0.396 e. The number of benzene rings is 1. The third kappa shape index (κ3) is 4.81. The quantitative estimate of drug-likeness (QED) is 0.806. The molecule has 0 aliphatic rings. The van der Waals surface area contributed by atoms with Crippen molar-refractivity contribution in [2.24, 2.45) is 0 Å². The van der Waals surface area contributed by atoms with Gasteiger partial charge in [0.05, 0.1) is 6.54 Å². The molecule has 1 amide bonds. The molecule has 4 nitrogen and oxygen atoms in total. The highest BCUT2D eigenvalue weighted by Gasteiger charge is 2.08. The van der Waals surface area contributed by atoms with Crippen molar-refractivity contribution < 1.29 is 14.3 Å². The fraction of sp³-hybridized carbons (Fsp3) is 0.462. The van der Waals surface area contributed by atoms with Gasteiger partial charge >= 0.3 is 0 Å². The molecule has 0 saturated carbocycles. The zero-order chi connectivity index (χ0) is 13.5. The van der Waals surface area contributed by atoms with Crippen LogP contribution in [0.1, 0.15) is 12.0 Å². The van der Waals surface area contributed by atoms with E-state index in [0.29, 0.717) is 18.7 Å². The van der Waals surface area contributed by atoms with E-state index in [2.05, 4.69) is 5.32 Å². The fourth-order valence-corrected chi connectivity index (χ4v) is 1.58. The van der Waals surface area contributed by atoms with Crippen molar-refractivity contribution >= 4 is 11.6 Å². The summed E-state index contributed by atoms with van der Waals surface area (Å²) < 4.78 is 13.0. The van der Waals surface area contributed by atoms with Crippen LogP contribution in [0.2, 0.25) is 0 Å². The topological polar surface area (TPSA) is 52.6 Å². The Balaban J connectivity index is 2.51. The van der Waals surface area contributed by atoms with Crippen LogP contribution < -0.4 is 5.32 Å². The molecule has 5 heteroatoms. The zero-order valence-corrected chi connectivity index (χ0v) is 10.7. The molecule has 1 aromatic carbocycles. The normalized spacial score (nSPS) is 10.7. The minimum atomic E-state index is -0.371. The molecule has 0 fully saturated rings. The number of aliphatic hydroxyl groups excluding tert-OH is 1. The van der Waals surface area contributed by atoms with Gasteiger partial charge in [-0.3, -0.25) is 9.69 Å². The van der Waals surface area contributed by atoms with Gasteiger partial charge in [0.2, 0.25) is 5.91 Å². The van der Waals surface area contributed by atoms with E-state index in [-0.39, 0.29) is 24.9 Å². The molecule has 0 heterocycles. The first-order valence-electron chi connectivity index (χ1n) is 5.88. The number of rotatable bonds is 6. The van der Waals surface area contributed by atoms with Gasteiger partial charge in [-0.15, -0.1) is 0 Å². The van der Waals surface area contributed by atoms with E-state index in [0.717, 1.165) is 5.56 Å². The highest BCUT2D eigenvalue weighted by molar-refractivity contribution is 5.92. The van der Waals surface area contributed by atoms with E-state index in [9.17, 15) is 9.18 Å². The number of aliphatic hydroxyl groups is 1. The van der Waals surface area contributed by atoms with Gasteiger partial charge in [0.15, 0.2) is 0 Å². The molecule has 0 radical (unpaired) electrons. The summed E-state index contributed by atoms with van der Waals surface area (Å²) in [5.74, 6) is -0.561. The second-order valence-corrected chi connectivity index (χ2v) is 4.32. The van der Waals surface area contributed by atoms with Crippen LogP contribution in [0.3, 0.4) is 0 Å². The lowest BCUT2D eigenvalue weighted by atomic mass is 10.2. The predicted molar refractivity (Wildman–Crippen MR) is 69.0 cm³/mol. The van der Waals surface area contributed by atoms with Crippen LogP contribution in [0.15, 0.2) is 18.2 Å². The maximum atomic E-state index is 13.0. The fourth-order valence-electron chi connectivity index (χ4n) is 1.58. The molecule has 0 aliphatic carbocycles. The van der Waals surface area contributed by atoms with Crippen LogP contribution in [0, 0.1) is 12.7 Å². The lowest BCUT2D eigenvalue weighted by Gasteiger charge is -2.16. The highest BCUT2D eigenvalue weighted by Crippen LogP contribution is 2.15. The SMILES string of the molecule is Cc1ccc(F)cc1NC(=O)CN(C)CCCO. The van der Waals surface area contributed by atoms with E-state index in [1.54, 1.807) is 18.0 Å². The van der Waals surface area contributed by atoms with Crippen molar-refractivity contribution in [1.29, 1.82) is 0 Å². The molecular weight excluding hydrogens is 235 g/mol. The van der Waals surface area contributed by atoms with E-state index in [4.69, 9.17) is 5.11 Å². The number of nitrogens with zero attached hydrogens (tertiary/aromatic N) is 1. The third-order valence-corrected chi connectivity index (χ3v) is 2.59. The van der Waals surface area contributed by atoms with Crippen LogP contribution in [0.5, 0.6) is 0 Å². The van der Waals surface area contributed by atoms with Crippen molar-refractivity contribution in [2.45, 2.75) is 13.3 Å². The lowest BCUT2D eigenvalue weighted by Crippen LogP contribution is -2.31. The predicted octanol–water partition coefficient (Wildman–Crippen LogP) is 1.39. The van der Waals surface area contributed by atoms with Crippen LogP contribution in [-0.4, -0.2) is 42.7 Å². The number of hydrogen-bond acceptors (Lipinski definition) is 3. The molecule has 0 unspecified atom stereocenters. The summed E-state index contributed by atoms with van der Waals surface area (Å²) in [6.45, 7) is 2.78. The van der Waals surface area contributed by atoms with E-state index < -0.39 is 0 Å². The smallest absolute Gasteiger partial charge is 0.238 e. The molecule has 0 aliphatic heterocycles. The summed E-state index contributed by atoms with van der Waals surface area (Å²) in [4.78, 5) is 13.5. The second kappa shape index (κ2) is 7.08. The van der Waals surface area contributed by atoms with Crippen molar-refractivity contribution in [3.05, 3.63) is 29.6 Å². The number of nitrogens with one attached hydrogen (secondary N) is 1. The average Bonchev–Trinajstić information content (AvgIpc) is 2.31. The van der Waals surface area contributed by atoms with Crippen LogP contribution in [0.4, 0.5) is 10.1 Å². The van der Waals surface area contributed by atoms with Gasteiger partial charge in [0, 0.05) is 18.8 Å². The summed E-state index contributed by atoms with van der Waals surface area (Å²) in [6.07, 6.45) is 0.628. The highest BCUT2D eigenvalue weighted by atomic mass is 19.1. The Labute approximate surface area is 106 Å². The number of carbonyl (C=O) groups excluding carboxylic acids is 1. The number of carbonyl (C=O) groups is 1. The van der Waals surface area contributed by atoms with Gasteiger partial charge in [-0.1, -0.05) is 6.07 Å². The standard InChI is InChI=1S/C13H19FN2O2/c1-10-4-5-11(14)8-12(10)15-13(18)9-16(2)6-3-7-17/h4-5,8,17H,3,6-7,9H2,1-2H3,(H,15,18). The van der Waals surface area contributed by atoms with Gasteiger partial charge in [0.1, 0.15) is 5.82 Å². The summed E-state index contributed by atoms with van der Waals surface area (Å²) in [5.41, 5.74) is 1.32. The van der Waals surface area contributed by atoms with Crippen LogP contribution >= 0.6 is 0 Å². The number of aryl methyl sites for hydroxylation is 1. The Hall–Kier alpha value is -1.46. The van der Waals surface area contributed by atoms with Crippen molar-refractivity contribution in [2.75, 3.05) is 32.1 Å². The molecule has 0 aromatic heterocycles. The summed E-state index contributed by atoms with van der Waals surface area (Å²) in [5, 5.41) is 11.4. The number of anilines is 1. The summed E-state index contributed by atoms with van der Waals surface area (Å²) in [7, 11) is 1.80. The van der Waals surface area contributed by atoms with Gasteiger partial charge in [-0.05, 0) is 38.1 Å². The number of likely N-dealkylation sites (N-methyl/N-ethyl adjacent to an activating group) is 1. The van der Waals surface area contributed by atoms with Crippen LogP contribution in [-0.2, 0) is 4.79 Å². The Morgan fingerprint density at radius 2 is 2.22 bits per heavy atom. The Kier molecular flexibility index (Phi) is 5.74. The van der Waals surface area contributed by atoms with E-state index >= 15 is 0 Å². The first-order valence-corrected chi connectivity index (χ1v) is 5.88. The maximum absolute atomic E-state index is 13.0. The summed E-state index contributed by atoms with van der Waals surface area (Å²) >= 11 is 0. The average molecular weight is 254 g/mol. The molecule has 1 rings (SSSR count). The van der Waals surface area contributed by atoms with Gasteiger partial charge in [-0.2, -0.15) is 0 Å². The maximum Gasteiger partial charge on any atom is 0.238 e. The minimum absolute atomic E-state index is 0.106. The van der Waals surface area contributed by atoms with E-state index in [1.165, 1.54) is 12.1 Å². The third-order valence-electron chi connectivity index (χ3n) is 2.59. The molecule has 0 bridgehead atoms. The number of halogens is 1.